The van der Waals surface area contributed by atoms with Gasteiger partial charge in [-0.1, -0.05) is 30.3 Å². The van der Waals surface area contributed by atoms with E-state index in [-0.39, 0.29) is 11.9 Å². The normalized spacial score (nSPS) is 11.7. The van der Waals surface area contributed by atoms with Crippen LogP contribution in [0.25, 0.3) is 11.3 Å². The molecule has 0 fully saturated rings. The number of benzene rings is 2. The first-order valence-electron chi connectivity index (χ1n) is 9.26. The van der Waals surface area contributed by atoms with Gasteiger partial charge in [-0.3, -0.25) is 4.79 Å². The minimum atomic E-state index is 0.0183. The second-order valence-corrected chi connectivity index (χ2v) is 7.59. The largest absolute Gasteiger partial charge is 0.497 e. The highest BCUT2D eigenvalue weighted by atomic mass is 32.1. The van der Waals surface area contributed by atoms with E-state index < -0.39 is 0 Å². The highest BCUT2D eigenvalue weighted by Gasteiger charge is 2.07. The number of rotatable bonds is 8. The molecule has 1 heterocycles. The summed E-state index contributed by atoms with van der Waals surface area (Å²) >= 11 is 1.57. The van der Waals surface area contributed by atoms with Gasteiger partial charge in [0.15, 0.2) is 5.13 Å². The van der Waals surface area contributed by atoms with Crippen molar-refractivity contribution in [2.24, 2.45) is 0 Å². The number of ether oxygens (including phenoxy) is 1. The van der Waals surface area contributed by atoms with Crippen molar-refractivity contribution >= 4 is 28.1 Å². The number of hydrogen-bond donors (Lipinski definition) is 2. The van der Waals surface area contributed by atoms with Crippen LogP contribution in [0.1, 0.15) is 25.8 Å². The molecule has 0 saturated carbocycles. The summed E-state index contributed by atoms with van der Waals surface area (Å²) in [5.74, 6) is 0.829. The quantitative estimate of drug-likeness (QED) is 0.562. The van der Waals surface area contributed by atoms with Crippen LogP contribution in [0.4, 0.5) is 10.8 Å². The molecule has 0 radical (unpaired) electrons. The smallest absolute Gasteiger partial charge is 0.217 e. The molecule has 0 spiro atoms. The van der Waals surface area contributed by atoms with Crippen molar-refractivity contribution < 1.29 is 9.53 Å². The minimum Gasteiger partial charge on any atom is -0.497 e. The summed E-state index contributed by atoms with van der Waals surface area (Å²) in [6, 6.07) is 16.4. The van der Waals surface area contributed by atoms with Crippen molar-refractivity contribution in [2.75, 3.05) is 12.4 Å². The van der Waals surface area contributed by atoms with Gasteiger partial charge in [-0.15, -0.1) is 11.3 Å². The molecule has 2 N–H and O–H groups in total. The molecule has 146 valence electrons. The Morgan fingerprint density at radius 1 is 1.21 bits per heavy atom. The molecule has 3 rings (SSSR count). The van der Waals surface area contributed by atoms with E-state index in [0.29, 0.717) is 0 Å². The summed E-state index contributed by atoms with van der Waals surface area (Å²) in [4.78, 5) is 15.8. The first-order valence-corrected chi connectivity index (χ1v) is 10.1. The summed E-state index contributed by atoms with van der Waals surface area (Å²) in [6.45, 7) is 3.58. The van der Waals surface area contributed by atoms with Gasteiger partial charge in [-0.05, 0) is 37.5 Å². The number of anilines is 2. The van der Waals surface area contributed by atoms with Gasteiger partial charge in [0.1, 0.15) is 5.75 Å². The topological polar surface area (TPSA) is 63.2 Å². The van der Waals surface area contributed by atoms with E-state index in [1.54, 1.807) is 25.4 Å². The highest BCUT2D eigenvalue weighted by Crippen LogP contribution is 2.28. The van der Waals surface area contributed by atoms with Gasteiger partial charge in [0, 0.05) is 35.7 Å². The van der Waals surface area contributed by atoms with Gasteiger partial charge >= 0.3 is 0 Å². The molecule has 1 atom stereocenters. The van der Waals surface area contributed by atoms with Crippen LogP contribution < -0.4 is 15.4 Å². The van der Waals surface area contributed by atoms with Crippen LogP contribution in [0.5, 0.6) is 5.75 Å². The zero-order valence-corrected chi connectivity index (χ0v) is 17.2. The number of thiazole rings is 1. The number of hydrogen-bond acceptors (Lipinski definition) is 5. The Hall–Kier alpha value is -2.86. The lowest BCUT2D eigenvalue weighted by atomic mass is 10.0. The van der Waals surface area contributed by atoms with Crippen LogP contribution in [0.2, 0.25) is 0 Å². The van der Waals surface area contributed by atoms with Gasteiger partial charge in [0.2, 0.25) is 5.91 Å². The number of carbonyl (C=O) groups excluding carboxylic acids is 1. The zero-order chi connectivity index (χ0) is 19.9. The van der Waals surface area contributed by atoms with Gasteiger partial charge < -0.3 is 15.4 Å². The Kier molecular flexibility index (Phi) is 6.66. The van der Waals surface area contributed by atoms with Crippen LogP contribution in [-0.2, 0) is 11.2 Å². The maximum atomic E-state index is 11.1. The molecule has 0 aliphatic heterocycles. The molecule has 6 heteroatoms. The molecule has 1 amide bonds. The number of carbonyl (C=O) groups is 1. The van der Waals surface area contributed by atoms with Gasteiger partial charge in [-0.2, -0.15) is 0 Å². The van der Waals surface area contributed by atoms with E-state index >= 15 is 0 Å². The summed E-state index contributed by atoms with van der Waals surface area (Å²) < 4.78 is 5.25. The monoisotopic (exact) mass is 395 g/mol. The molecule has 0 aliphatic rings. The SMILES string of the molecule is COc1cccc(Nc2nc(-c3ccc(CCC(C)NC(C)=O)cc3)cs2)c1. The maximum Gasteiger partial charge on any atom is 0.217 e. The third kappa shape index (κ3) is 5.57. The Morgan fingerprint density at radius 3 is 2.71 bits per heavy atom. The molecular formula is C22H25N3O2S. The number of aryl methyl sites for hydroxylation is 1. The van der Waals surface area contributed by atoms with Crippen molar-refractivity contribution in [1.82, 2.24) is 10.3 Å². The predicted molar refractivity (Wildman–Crippen MR) is 115 cm³/mol. The van der Waals surface area contributed by atoms with E-state index in [1.165, 1.54) is 5.56 Å². The highest BCUT2D eigenvalue weighted by molar-refractivity contribution is 7.14. The number of aromatic nitrogens is 1. The predicted octanol–water partition coefficient (Wildman–Crippen LogP) is 5.02. The second kappa shape index (κ2) is 9.37. The molecule has 5 nitrogen and oxygen atoms in total. The summed E-state index contributed by atoms with van der Waals surface area (Å²) in [5, 5.41) is 9.13. The van der Waals surface area contributed by atoms with Crippen LogP contribution in [-0.4, -0.2) is 24.0 Å². The average Bonchev–Trinajstić information content (AvgIpc) is 3.15. The van der Waals surface area contributed by atoms with Crippen molar-refractivity contribution in [3.63, 3.8) is 0 Å². The molecule has 3 aromatic rings. The van der Waals surface area contributed by atoms with Crippen molar-refractivity contribution in [2.45, 2.75) is 32.7 Å². The van der Waals surface area contributed by atoms with E-state index in [0.717, 1.165) is 40.7 Å². The van der Waals surface area contributed by atoms with Gasteiger partial charge in [0.05, 0.1) is 12.8 Å². The number of nitrogens with one attached hydrogen (secondary N) is 2. The fourth-order valence-electron chi connectivity index (χ4n) is 2.93. The molecule has 2 aromatic carbocycles. The third-order valence-corrected chi connectivity index (χ3v) is 5.15. The number of nitrogens with zero attached hydrogens (tertiary/aromatic N) is 1. The molecule has 0 bridgehead atoms. The Balaban J connectivity index is 1.60. The molecule has 28 heavy (non-hydrogen) atoms. The van der Waals surface area contributed by atoms with Crippen molar-refractivity contribution in [3.8, 4) is 17.0 Å². The third-order valence-electron chi connectivity index (χ3n) is 4.39. The summed E-state index contributed by atoms with van der Waals surface area (Å²) in [6.07, 6.45) is 1.85. The molecule has 1 aromatic heterocycles. The standard InChI is InChI=1S/C22H25N3O2S/c1-15(23-16(2)26)7-8-17-9-11-18(12-10-17)21-14-28-22(25-21)24-19-5-4-6-20(13-19)27-3/h4-6,9-15H,7-8H2,1-3H3,(H,23,26)(H,24,25). The van der Waals surface area contributed by atoms with Crippen LogP contribution in [0.3, 0.4) is 0 Å². The fraction of sp³-hybridized carbons (Fsp3) is 0.273. The van der Waals surface area contributed by atoms with Crippen LogP contribution >= 0.6 is 11.3 Å². The number of amides is 1. The van der Waals surface area contributed by atoms with Crippen molar-refractivity contribution in [3.05, 3.63) is 59.5 Å². The molecule has 0 aliphatic carbocycles. The van der Waals surface area contributed by atoms with E-state index in [2.05, 4.69) is 45.3 Å². The summed E-state index contributed by atoms with van der Waals surface area (Å²) in [5.41, 5.74) is 4.25. The zero-order valence-electron chi connectivity index (χ0n) is 16.4. The first-order chi connectivity index (χ1) is 13.5. The van der Waals surface area contributed by atoms with Crippen LogP contribution in [0.15, 0.2) is 53.9 Å². The lowest BCUT2D eigenvalue weighted by Crippen LogP contribution is -2.30. The van der Waals surface area contributed by atoms with Gasteiger partial charge in [-0.25, -0.2) is 4.98 Å². The first kappa shape index (κ1) is 19.9. The number of methoxy groups -OCH3 is 1. The van der Waals surface area contributed by atoms with Crippen LogP contribution in [0, 0.1) is 0 Å². The Bertz CT molecular complexity index is 922. The maximum absolute atomic E-state index is 11.1. The van der Waals surface area contributed by atoms with E-state index in [9.17, 15) is 4.79 Å². The van der Waals surface area contributed by atoms with Gasteiger partial charge in [0.25, 0.3) is 0 Å². The minimum absolute atomic E-state index is 0.0183. The molecular weight excluding hydrogens is 370 g/mol. The average molecular weight is 396 g/mol. The fourth-order valence-corrected chi connectivity index (χ4v) is 3.67. The molecule has 1 unspecified atom stereocenters. The lowest BCUT2D eigenvalue weighted by Gasteiger charge is -2.12. The Labute approximate surface area is 169 Å². The lowest BCUT2D eigenvalue weighted by molar-refractivity contribution is -0.119. The molecule has 0 saturated heterocycles. The van der Waals surface area contributed by atoms with Crippen molar-refractivity contribution in [1.29, 1.82) is 0 Å². The second-order valence-electron chi connectivity index (χ2n) is 6.73. The van der Waals surface area contributed by atoms with E-state index in [4.69, 9.17) is 4.74 Å². The summed E-state index contributed by atoms with van der Waals surface area (Å²) in [7, 11) is 1.66. The Morgan fingerprint density at radius 2 is 2.00 bits per heavy atom. The van der Waals surface area contributed by atoms with E-state index in [1.807, 2.05) is 31.2 Å².